The van der Waals surface area contributed by atoms with Gasteiger partial charge in [-0.15, -0.1) is 0 Å². The third-order valence-electron chi connectivity index (χ3n) is 20.3. The number of anilines is 2. The fourth-order valence-corrected chi connectivity index (χ4v) is 14.9. The Morgan fingerprint density at radius 2 is 1.01 bits per heavy atom. The molecule has 0 spiro atoms. The van der Waals surface area contributed by atoms with Crippen molar-refractivity contribution in [3.05, 3.63) is 164 Å². The Kier molecular flexibility index (Phi) is 26.6. The molecular weight excluding hydrogens is 1210 g/mol. The maximum Gasteiger partial charge on any atom is 0.253 e. The van der Waals surface area contributed by atoms with E-state index in [1.807, 2.05) is 111 Å². The van der Waals surface area contributed by atoms with E-state index in [0.717, 1.165) is 16.7 Å². The monoisotopic (exact) mass is 1310 g/mol. The molecule has 4 aliphatic heterocycles. The number of hydrogen-bond donors (Lipinski definition) is 9. The average Bonchev–Trinajstić information content (AvgIpc) is 1.55. The molecule has 21 heteroatoms. The van der Waals surface area contributed by atoms with Crippen molar-refractivity contribution in [1.82, 2.24) is 47.0 Å². The van der Waals surface area contributed by atoms with Gasteiger partial charge in [-0.25, -0.2) is 0 Å². The van der Waals surface area contributed by atoms with Gasteiger partial charge < -0.3 is 57.7 Å². The third kappa shape index (κ3) is 18.2. The summed E-state index contributed by atoms with van der Waals surface area (Å²) in [6.07, 6.45) is 8.83. The van der Waals surface area contributed by atoms with E-state index in [1.54, 1.807) is 36.0 Å². The fourth-order valence-electron chi connectivity index (χ4n) is 14.9. The molecule has 5 aromatic carbocycles. The normalized spacial score (nSPS) is 21.8. The van der Waals surface area contributed by atoms with Gasteiger partial charge in [0.1, 0.15) is 35.5 Å². The second-order valence-electron chi connectivity index (χ2n) is 26.4. The van der Waals surface area contributed by atoms with Crippen LogP contribution in [0.2, 0.25) is 0 Å². The number of hydrogen-bond acceptors (Lipinski definition) is 15. The van der Waals surface area contributed by atoms with E-state index in [1.165, 1.54) is 0 Å². The van der Waals surface area contributed by atoms with E-state index in [0.29, 0.717) is 122 Å². The standard InChI is InChI=1S/C75H99N11O10/c1-5-57(76-3)71(92)83-65-52(41-44-78-46-48-23-12-7-13-24-48)33-35-55-38-40-60(86(55)74(65)95)73(94)82-64(51-29-18-10-19-30-51)61(87)31-20-11-21-42-79-67-68(70(91)69(67)90)80-43-22-32-63(89)81-47-53-34-36-54-37-39-59(85(54)75(96)66(53)84-72(93)58(6-2)77-4)62(88)45-56(49-25-14-8-15-26-49)50-27-16-9-17-28-50/h7-10,12-19,23-30,52-60,64-66,76-80H,5-6,11,20-22,31-47H2,1-4H3,(H,81,89)(H,82,94)(H,83,92)(H,84,93)/t52-,53-,54+,55+,57+,58+,59+,60+,64+,65+,66+/m1/s1. The van der Waals surface area contributed by atoms with Crippen molar-refractivity contribution in [2.75, 3.05) is 50.9 Å². The van der Waals surface area contributed by atoms with Crippen LogP contribution in [0.15, 0.2) is 131 Å². The number of carbonyl (C=O) groups excluding carboxylic acids is 8. The highest BCUT2D eigenvalue weighted by molar-refractivity contribution is 5.97. The smallest absolute Gasteiger partial charge is 0.253 e. The summed E-state index contributed by atoms with van der Waals surface area (Å²) in [7, 11) is 3.41. The van der Waals surface area contributed by atoms with Gasteiger partial charge in [-0.05, 0) is 139 Å². The highest BCUT2D eigenvalue weighted by Crippen LogP contribution is 2.39. The van der Waals surface area contributed by atoms with Crippen LogP contribution < -0.4 is 58.7 Å². The highest BCUT2D eigenvalue weighted by Gasteiger charge is 2.50. The van der Waals surface area contributed by atoms with E-state index < -0.39 is 65.0 Å². The molecule has 9 rings (SSSR count). The van der Waals surface area contributed by atoms with Crippen LogP contribution >= 0.6 is 0 Å². The number of fused-ring (bicyclic) bond motifs is 2. The Balaban J connectivity index is 0.734. The summed E-state index contributed by atoms with van der Waals surface area (Å²) in [5.41, 5.74) is 2.80. The molecule has 514 valence electrons. The number of unbranched alkanes of at least 4 members (excludes halogenated alkanes) is 2. The molecule has 0 saturated carbocycles. The van der Waals surface area contributed by atoms with Gasteiger partial charge in [0.25, 0.3) is 10.9 Å². The molecule has 0 aromatic heterocycles. The molecule has 6 amide bonds. The number of amides is 6. The van der Waals surface area contributed by atoms with Crippen LogP contribution in [0.5, 0.6) is 0 Å². The van der Waals surface area contributed by atoms with Gasteiger partial charge in [-0.2, -0.15) is 0 Å². The first kappa shape index (κ1) is 71.9. The lowest BCUT2D eigenvalue weighted by molar-refractivity contribution is -0.144. The maximum atomic E-state index is 14.9. The van der Waals surface area contributed by atoms with Gasteiger partial charge in [0.2, 0.25) is 35.4 Å². The molecule has 11 atom stereocenters. The van der Waals surface area contributed by atoms with Crippen molar-refractivity contribution >= 4 is 58.4 Å². The van der Waals surface area contributed by atoms with Crippen LogP contribution in [0.3, 0.4) is 0 Å². The van der Waals surface area contributed by atoms with E-state index in [9.17, 15) is 47.9 Å². The van der Waals surface area contributed by atoms with E-state index in [-0.39, 0.29) is 109 Å². The number of likely N-dealkylation sites (N-methyl/N-ethyl adjacent to an activating group) is 2. The van der Waals surface area contributed by atoms with Crippen LogP contribution in [0.25, 0.3) is 0 Å². The molecule has 5 aromatic rings. The zero-order valence-corrected chi connectivity index (χ0v) is 56.2. The first-order chi connectivity index (χ1) is 46.6. The Morgan fingerprint density at radius 1 is 0.521 bits per heavy atom. The lowest BCUT2D eigenvalue weighted by Crippen LogP contribution is -2.58. The van der Waals surface area contributed by atoms with Crippen LogP contribution in [0, 0.1) is 11.8 Å². The number of nitrogens with zero attached hydrogens (tertiary/aromatic N) is 2. The molecule has 4 fully saturated rings. The summed E-state index contributed by atoms with van der Waals surface area (Å²) in [4.78, 5) is 143. The molecule has 96 heavy (non-hydrogen) atoms. The van der Waals surface area contributed by atoms with Crippen LogP contribution in [-0.4, -0.2) is 145 Å². The third-order valence-corrected chi connectivity index (χ3v) is 20.3. The van der Waals surface area contributed by atoms with Gasteiger partial charge in [0.15, 0.2) is 11.6 Å². The molecule has 21 nitrogen and oxygen atoms in total. The predicted octanol–water partition coefficient (Wildman–Crippen LogP) is 6.47. The quantitative estimate of drug-likeness (QED) is 0.0154. The summed E-state index contributed by atoms with van der Waals surface area (Å²) in [5.74, 6) is -2.91. The highest BCUT2D eigenvalue weighted by atomic mass is 16.2. The van der Waals surface area contributed by atoms with Crippen LogP contribution in [0.1, 0.15) is 164 Å². The molecule has 4 heterocycles. The first-order valence-electron chi connectivity index (χ1n) is 35.1. The Morgan fingerprint density at radius 3 is 1.56 bits per heavy atom. The topological polar surface area (TPSA) is 285 Å². The van der Waals surface area contributed by atoms with Gasteiger partial charge in [0, 0.05) is 69.4 Å². The van der Waals surface area contributed by atoms with E-state index >= 15 is 0 Å². The first-order valence-corrected chi connectivity index (χ1v) is 35.1. The van der Waals surface area contributed by atoms with Gasteiger partial charge in [-0.1, -0.05) is 142 Å². The SMILES string of the molecule is CC[C@H](NC)C(=O)N[C@@H]1C(=O)N2[C@@H](CC[C@@H]1CNC(=O)CCCNc1c(NCCCCCC(=O)[C@@H](NC(=O)[C@@H]3CC[C@@H]4CC[C@H](CCNCc5ccccc5)[C@H](NC(=O)[C@H](CC)NC)C(=O)N43)c3ccccc3)c(=O)c1=O)CC[C@H]2C(=O)CC(c1ccccc1)c1ccccc1. The van der Waals surface area contributed by atoms with Crippen molar-refractivity contribution in [2.24, 2.45) is 11.8 Å². The molecule has 0 bridgehead atoms. The van der Waals surface area contributed by atoms with E-state index in [4.69, 9.17) is 0 Å². The maximum absolute atomic E-state index is 14.9. The fraction of sp³-hybridized carbons (Fsp3) is 0.520. The minimum Gasteiger partial charge on any atom is -0.380 e. The van der Waals surface area contributed by atoms with Gasteiger partial charge in [-0.3, -0.25) is 47.9 Å². The largest absolute Gasteiger partial charge is 0.380 e. The average molecular weight is 1310 g/mol. The number of Topliss-reactive ketones (excluding diaryl/α,β-unsaturated/α-hetero) is 2. The number of benzene rings is 4. The van der Waals surface area contributed by atoms with Crippen molar-refractivity contribution in [3.63, 3.8) is 0 Å². The molecular formula is C75H99N11O10. The van der Waals surface area contributed by atoms with Crippen molar-refractivity contribution in [2.45, 2.75) is 196 Å². The number of nitrogens with one attached hydrogen (secondary N) is 9. The summed E-state index contributed by atoms with van der Waals surface area (Å²) in [5, 5.41) is 27.9. The second-order valence-corrected chi connectivity index (χ2v) is 26.4. The number of ketones is 2. The molecule has 9 N–H and O–H groups in total. The Bertz CT molecular complexity index is 3430. The Hall–Kier alpha value is -8.40. The number of carbonyl (C=O) groups is 8. The summed E-state index contributed by atoms with van der Waals surface area (Å²) >= 11 is 0. The minimum absolute atomic E-state index is 0.0295. The summed E-state index contributed by atoms with van der Waals surface area (Å²) in [6.45, 7) is 5.78. The van der Waals surface area contributed by atoms with Crippen molar-refractivity contribution in [3.8, 4) is 0 Å². The zero-order chi connectivity index (χ0) is 68.1. The van der Waals surface area contributed by atoms with Crippen LogP contribution in [-0.2, 0) is 44.9 Å². The summed E-state index contributed by atoms with van der Waals surface area (Å²) in [6, 6.07) is 33.3. The molecule has 0 unspecified atom stereocenters. The lowest BCUT2D eigenvalue weighted by atomic mass is 9.85. The Labute approximate surface area is 564 Å². The van der Waals surface area contributed by atoms with E-state index in [2.05, 4.69) is 60.0 Å². The van der Waals surface area contributed by atoms with Gasteiger partial charge in [0.05, 0.1) is 18.1 Å². The zero-order valence-electron chi connectivity index (χ0n) is 56.2. The van der Waals surface area contributed by atoms with Crippen molar-refractivity contribution < 1.29 is 38.4 Å². The van der Waals surface area contributed by atoms with Gasteiger partial charge >= 0.3 is 0 Å². The molecule has 4 saturated heterocycles. The molecule has 0 radical (unpaired) electrons. The molecule has 4 aliphatic rings. The predicted molar refractivity (Wildman–Crippen MR) is 371 cm³/mol. The second kappa shape index (κ2) is 35.6. The summed E-state index contributed by atoms with van der Waals surface area (Å²) < 4.78 is 0. The lowest BCUT2D eigenvalue weighted by Gasteiger charge is -2.33. The molecule has 0 aliphatic carbocycles. The minimum atomic E-state index is -0.979. The number of rotatable bonds is 36. The van der Waals surface area contributed by atoms with Crippen molar-refractivity contribution in [1.29, 1.82) is 0 Å². The van der Waals surface area contributed by atoms with Crippen LogP contribution in [0.4, 0.5) is 11.4 Å².